The lowest BCUT2D eigenvalue weighted by molar-refractivity contribution is -0.183. The smallest absolute Gasteiger partial charge is 0.410 e. The Kier molecular flexibility index (Phi) is 5.23. The summed E-state index contributed by atoms with van der Waals surface area (Å²) in [5.74, 6) is -2.18. The molecule has 0 bridgehead atoms. The first-order valence-corrected chi connectivity index (χ1v) is 10.3. The maximum atomic E-state index is 13.4. The molecule has 3 heterocycles. The van der Waals surface area contributed by atoms with Crippen LogP contribution in [-0.4, -0.2) is 62.3 Å². The van der Waals surface area contributed by atoms with Crippen molar-refractivity contribution in [2.75, 3.05) is 13.1 Å². The Morgan fingerprint density at radius 3 is 2.09 bits per heavy atom. The predicted octanol–water partition coefficient (Wildman–Crippen LogP) is 2.36. The number of hydrogen-bond acceptors (Lipinski definition) is 7. The number of fused-ring (bicyclic) bond motifs is 1. The highest BCUT2D eigenvalue weighted by atomic mass is 16.7. The molecule has 2 aliphatic rings. The third-order valence-corrected chi connectivity index (χ3v) is 5.50. The van der Waals surface area contributed by atoms with Gasteiger partial charge in [0, 0.05) is 38.3 Å². The van der Waals surface area contributed by atoms with Gasteiger partial charge in [0.25, 0.3) is 11.8 Å². The SMILES string of the molecule is CC(C)(C)OC(=O)N1CCC(C(=O)ON2C(=O)c3ccccc3C2=O)(n2cccn2)CC1. The van der Waals surface area contributed by atoms with Crippen molar-refractivity contribution in [1.29, 1.82) is 0 Å². The third-order valence-electron chi connectivity index (χ3n) is 5.50. The second-order valence-electron chi connectivity index (χ2n) is 8.78. The Bertz CT molecular complexity index is 1030. The monoisotopic (exact) mass is 440 g/mol. The van der Waals surface area contributed by atoms with Gasteiger partial charge >= 0.3 is 12.1 Å². The van der Waals surface area contributed by atoms with E-state index in [-0.39, 0.29) is 37.1 Å². The van der Waals surface area contributed by atoms with E-state index in [4.69, 9.17) is 9.57 Å². The summed E-state index contributed by atoms with van der Waals surface area (Å²) in [5.41, 5.74) is -1.56. The van der Waals surface area contributed by atoms with Crippen molar-refractivity contribution in [3.63, 3.8) is 0 Å². The third kappa shape index (κ3) is 3.72. The zero-order valence-corrected chi connectivity index (χ0v) is 18.1. The number of piperidine rings is 1. The molecule has 0 saturated carbocycles. The van der Waals surface area contributed by atoms with Crippen molar-refractivity contribution in [3.8, 4) is 0 Å². The molecule has 10 nitrogen and oxygen atoms in total. The minimum atomic E-state index is -1.28. The van der Waals surface area contributed by atoms with Crippen LogP contribution in [0.15, 0.2) is 42.7 Å². The van der Waals surface area contributed by atoms with Crippen molar-refractivity contribution in [2.24, 2.45) is 0 Å². The van der Waals surface area contributed by atoms with Gasteiger partial charge in [-0.3, -0.25) is 14.3 Å². The summed E-state index contributed by atoms with van der Waals surface area (Å²) in [7, 11) is 0. The summed E-state index contributed by atoms with van der Waals surface area (Å²) in [6, 6.07) is 7.94. The van der Waals surface area contributed by atoms with Crippen LogP contribution >= 0.6 is 0 Å². The first kappa shape index (κ1) is 21.5. The first-order valence-electron chi connectivity index (χ1n) is 10.3. The number of carbonyl (C=O) groups is 4. The highest BCUT2D eigenvalue weighted by molar-refractivity contribution is 6.20. The maximum absolute atomic E-state index is 13.4. The van der Waals surface area contributed by atoms with Crippen molar-refractivity contribution in [1.82, 2.24) is 19.7 Å². The van der Waals surface area contributed by atoms with E-state index in [0.29, 0.717) is 5.06 Å². The first-order chi connectivity index (χ1) is 15.1. The van der Waals surface area contributed by atoms with Crippen LogP contribution in [0.5, 0.6) is 0 Å². The number of imide groups is 1. The van der Waals surface area contributed by atoms with Crippen LogP contribution in [0.25, 0.3) is 0 Å². The fourth-order valence-electron chi connectivity index (χ4n) is 3.85. The van der Waals surface area contributed by atoms with Crippen molar-refractivity contribution in [3.05, 3.63) is 53.9 Å². The van der Waals surface area contributed by atoms with Gasteiger partial charge in [-0.1, -0.05) is 17.2 Å². The van der Waals surface area contributed by atoms with E-state index >= 15 is 0 Å². The van der Waals surface area contributed by atoms with Crippen molar-refractivity contribution in [2.45, 2.75) is 44.8 Å². The quantitative estimate of drug-likeness (QED) is 0.674. The van der Waals surface area contributed by atoms with E-state index in [0.717, 1.165) is 0 Å². The van der Waals surface area contributed by atoms with E-state index in [1.54, 1.807) is 45.2 Å². The Morgan fingerprint density at radius 2 is 1.59 bits per heavy atom. The van der Waals surface area contributed by atoms with Crippen LogP contribution in [0.1, 0.15) is 54.3 Å². The zero-order chi connectivity index (χ0) is 23.1. The number of amides is 3. The van der Waals surface area contributed by atoms with E-state index in [1.165, 1.54) is 27.9 Å². The average molecular weight is 440 g/mol. The summed E-state index contributed by atoms with van der Waals surface area (Å²) < 4.78 is 6.88. The molecular weight excluding hydrogens is 416 g/mol. The molecule has 3 amide bonds. The van der Waals surface area contributed by atoms with Gasteiger partial charge in [0.15, 0.2) is 5.54 Å². The van der Waals surface area contributed by atoms with Crippen LogP contribution in [0.3, 0.4) is 0 Å². The Labute approximate surface area is 184 Å². The predicted molar refractivity (Wildman–Crippen MR) is 110 cm³/mol. The molecule has 1 saturated heterocycles. The number of hydroxylamine groups is 2. The van der Waals surface area contributed by atoms with Gasteiger partial charge in [-0.2, -0.15) is 5.10 Å². The molecular formula is C22H24N4O6. The molecule has 10 heteroatoms. The van der Waals surface area contributed by atoms with Crippen LogP contribution in [-0.2, 0) is 19.9 Å². The molecule has 0 unspecified atom stereocenters. The molecule has 2 aromatic rings. The second kappa shape index (κ2) is 7.77. The molecule has 0 atom stereocenters. The number of ether oxygens (including phenoxy) is 1. The molecule has 4 rings (SSSR count). The highest BCUT2D eigenvalue weighted by Crippen LogP contribution is 2.33. The molecule has 32 heavy (non-hydrogen) atoms. The number of hydrogen-bond donors (Lipinski definition) is 0. The molecule has 2 aliphatic heterocycles. The summed E-state index contributed by atoms with van der Waals surface area (Å²) in [6.45, 7) is 5.77. The van der Waals surface area contributed by atoms with Crippen molar-refractivity contribution >= 4 is 23.9 Å². The number of nitrogens with zero attached hydrogens (tertiary/aromatic N) is 4. The Hall–Kier alpha value is -3.69. The molecule has 1 aromatic heterocycles. The normalized spacial score (nSPS) is 17.8. The lowest BCUT2D eigenvalue weighted by atomic mass is 9.87. The van der Waals surface area contributed by atoms with E-state index in [1.807, 2.05) is 0 Å². The lowest BCUT2D eigenvalue weighted by Crippen LogP contribution is -2.55. The molecule has 0 spiro atoms. The van der Waals surface area contributed by atoms with E-state index < -0.39 is 35.0 Å². The standard InChI is InChI=1S/C22H24N4O6/c1-21(2,3)31-20(30)24-13-9-22(10-14-24,25-12-6-11-23-25)19(29)32-26-17(27)15-7-4-5-8-16(15)18(26)28/h4-8,11-12H,9-10,13-14H2,1-3H3. The molecule has 0 radical (unpaired) electrons. The van der Waals surface area contributed by atoms with E-state index in [2.05, 4.69) is 5.10 Å². The summed E-state index contributed by atoms with van der Waals surface area (Å²) >= 11 is 0. The van der Waals surface area contributed by atoms with Gasteiger partial charge in [0.1, 0.15) is 5.60 Å². The van der Waals surface area contributed by atoms with Crippen LogP contribution < -0.4 is 0 Å². The van der Waals surface area contributed by atoms with Gasteiger partial charge in [0.2, 0.25) is 0 Å². The summed E-state index contributed by atoms with van der Waals surface area (Å²) in [5, 5.41) is 4.71. The fraction of sp³-hybridized carbons (Fsp3) is 0.409. The molecule has 1 aromatic carbocycles. The van der Waals surface area contributed by atoms with Gasteiger partial charge in [-0.15, -0.1) is 0 Å². The van der Waals surface area contributed by atoms with Gasteiger partial charge in [-0.25, -0.2) is 9.59 Å². The van der Waals surface area contributed by atoms with Crippen LogP contribution in [0, 0.1) is 0 Å². The highest BCUT2D eigenvalue weighted by Gasteiger charge is 2.49. The Morgan fingerprint density at radius 1 is 1.00 bits per heavy atom. The molecule has 0 N–H and O–H groups in total. The van der Waals surface area contributed by atoms with Crippen LogP contribution in [0.2, 0.25) is 0 Å². The number of aromatic nitrogens is 2. The number of rotatable bonds is 3. The van der Waals surface area contributed by atoms with E-state index in [9.17, 15) is 19.2 Å². The van der Waals surface area contributed by atoms with Crippen molar-refractivity contribution < 1.29 is 28.8 Å². The topological polar surface area (TPSA) is 111 Å². The lowest BCUT2D eigenvalue weighted by Gasteiger charge is -2.40. The van der Waals surface area contributed by atoms with Gasteiger partial charge in [-0.05, 0) is 39.0 Å². The van der Waals surface area contributed by atoms with Gasteiger partial charge in [0.05, 0.1) is 11.1 Å². The maximum Gasteiger partial charge on any atom is 0.410 e. The number of benzene rings is 1. The molecule has 1 fully saturated rings. The molecule has 0 aliphatic carbocycles. The van der Waals surface area contributed by atoms with Gasteiger partial charge < -0.3 is 14.5 Å². The summed E-state index contributed by atoms with van der Waals surface area (Å²) in [6.07, 6.45) is 3.02. The second-order valence-corrected chi connectivity index (χ2v) is 8.78. The number of likely N-dealkylation sites (tertiary alicyclic amines) is 1. The minimum Gasteiger partial charge on any atom is -0.444 e. The minimum absolute atomic E-state index is 0.177. The fourth-order valence-corrected chi connectivity index (χ4v) is 3.85. The largest absolute Gasteiger partial charge is 0.444 e. The summed E-state index contributed by atoms with van der Waals surface area (Å²) in [4.78, 5) is 57.9. The molecule has 168 valence electrons. The average Bonchev–Trinajstić information content (AvgIpc) is 3.37. The zero-order valence-electron chi connectivity index (χ0n) is 18.1. The number of carbonyl (C=O) groups excluding carboxylic acids is 4. The Balaban J connectivity index is 1.54. The van der Waals surface area contributed by atoms with Crippen LogP contribution in [0.4, 0.5) is 4.79 Å².